The van der Waals surface area contributed by atoms with Gasteiger partial charge < -0.3 is 9.13 Å². The minimum Gasteiger partial charge on any atom is -0.310 e. The molecule has 0 N–H and O–H groups in total. The molecule has 9 aromatic carbocycles. The molecule has 0 saturated heterocycles. The van der Waals surface area contributed by atoms with Crippen LogP contribution in [-0.2, 0) is 6.18 Å². The summed E-state index contributed by atoms with van der Waals surface area (Å²) in [5, 5.41) is 13.4. The van der Waals surface area contributed by atoms with Crippen molar-refractivity contribution in [3.05, 3.63) is 228 Å². The predicted octanol–water partition coefficient (Wildman–Crippen LogP) is 16.8. The van der Waals surface area contributed by atoms with Crippen LogP contribution in [0.3, 0.4) is 0 Å². The standard InChI is InChI=1S/C59H34F3N5/c1-36-9-8-12-51(59(60,61)62)58(36)42-23-30-55(66-52-13-6-4-10-45(52)48-32-41(21-28-54(48)66)39-19-24-43(64-2)25-20-39)50(33-42)47-27-26-44(65-3)34-57(47)67-53-14-7-5-11-46(53)49-31-40(22-29-56(49)67)38-17-15-37(35-63)16-18-38/h4-34H,1H3. The third-order valence-electron chi connectivity index (χ3n) is 12.8. The second kappa shape index (κ2) is 15.8. The number of fused-ring (bicyclic) bond motifs is 6. The van der Waals surface area contributed by atoms with Gasteiger partial charge in [0.05, 0.1) is 58.1 Å². The lowest BCUT2D eigenvalue weighted by molar-refractivity contribution is -0.137. The van der Waals surface area contributed by atoms with E-state index >= 15 is 0 Å². The first-order valence-electron chi connectivity index (χ1n) is 21.5. The predicted molar refractivity (Wildman–Crippen MR) is 264 cm³/mol. The maximum absolute atomic E-state index is 14.9. The van der Waals surface area contributed by atoms with Gasteiger partial charge in [0.25, 0.3) is 0 Å². The van der Waals surface area contributed by atoms with Gasteiger partial charge in [0.2, 0.25) is 0 Å². The Labute approximate surface area is 383 Å². The second-order valence-electron chi connectivity index (χ2n) is 16.6. The van der Waals surface area contributed by atoms with Crippen LogP contribution in [-0.4, -0.2) is 9.13 Å². The Bertz CT molecular complexity index is 3950. The number of nitriles is 1. The number of aryl methyl sites for hydroxylation is 1. The van der Waals surface area contributed by atoms with Gasteiger partial charge >= 0.3 is 6.18 Å². The van der Waals surface area contributed by atoms with Gasteiger partial charge in [-0.25, -0.2) is 9.69 Å². The molecular formula is C59H34F3N5. The molecule has 0 fully saturated rings. The van der Waals surface area contributed by atoms with Crippen LogP contribution in [0.5, 0.6) is 0 Å². The third-order valence-corrected chi connectivity index (χ3v) is 12.8. The largest absolute Gasteiger partial charge is 0.417 e. The van der Waals surface area contributed by atoms with Crippen molar-refractivity contribution in [2.75, 3.05) is 0 Å². The number of halogens is 3. The van der Waals surface area contributed by atoms with Gasteiger partial charge in [0.1, 0.15) is 0 Å². The Morgan fingerprint density at radius 3 is 1.57 bits per heavy atom. The van der Waals surface area contributed by atoms with Gasteiger partial charge in [-0.2, -0.15) is 18.4 Å². The van der Waals surface area contributed by atoms with Crippen molar-refractivity contribution in [3.8, 4) is 62.0 Å². The highest BCUT2D eigenvalue weighted by Gasteiger charge is 2.34. The maximum atomic E-state index is 14.9. The molecule has 11 rings (SSSR count). The number of hydrogen-bond donors (Lipinski definition) is 0. The summed E-state index contributed by atoms with van der Waals surface area (Å²) in [5.41, 5.74) is 12.1. The number of aromatic nitrogens is 2. The number of benzene rings is 9. The molecule has 0 aliphatic carbocycles. The monoisotopic (exact) mass is 869 g/mol. The number of alkyl halides is 3. The van der Waals surface area contributed by atoms with Crippen LogP contribution < -0.4 is 0 Å². The summed E-state index contributed by atoms with van der Waals surface area (Å²) in [6, 6.07) is 61.3. The summed E-state index contributed by atoms with van der Waals surface area (Å²) in [4.78, 5) is 7.45. The van der Waals surface area contributed by atoms with Crippen LogP contribution in [0.15, 0.2) is 188 Å². The van der Waals surface area contributed by atoms with E-state index < -0.39 is 11.7 Å². The fourth-order valence-corrected chi connectivity index (χ4v) is 9.68. The van der Waals surface area contributed by atoms with Gasteiger partial charge in [-0.1, -0.05) is 115 Å². The van der Waals surface area contributed by atoms with Gasteiger partial charge in [-0.3, -0.25) is 0 Å². The molecule has 67 heavy (non-hydrogen) atoms. The Balaban J connectivity index is 1.21. The molecule has 8 heteroatoms. The van der Waals surface area contributed by atoms with Crippen LogP contribution in [0.1, 0.15) is 16.7 Å². The van der Waals surface area contributed by atoms with Crippen LogP contribution in [0.4, 0.5) is 24.5 Å². The number of hydrogen-bond acceptors (Lipinski definition) is 1. The molecule has 0 saturated carbocycles. The van der Waals surface area contributed by atoms with Crippen molar-refractivity contribution in [2.24, 2.45) is 0 Å². The first-order valence-corrected chi connectivity index (χ1v) is 21.5. The fraction of sp³-hybridized carbons (Fsp3) is 0.0339. The lowest BCUT2D eigenvalue weighted by Crippen LogP contribution is -2.08. The van der Waals surface area contributed by atoms with Crippen molar-refractivity contribution in [2.45, 2.75) is 13.1 Å². The lowest BCUT2D eigenvalue weighted by atomic mass is 9.91. The molecule has 0 aliphatic rings. The van der Waals surface area contributed by atoms with E-state index in [1.165, 1.54) is 6.07 Å². The fourth-order valence-electron chi connectivity index (χ4n) is 9.68. The average Bonchev–Trinajstić information content (AvgIpc) is 3.87. The molecule has 2 aromatic heterocycles. The summed E-state index contributed by atoms with van der Waals surface area (Å²) >= 11 is 0. The van der Waals surface area contributed by atoms with Crippen molar-refractivity contribution in [3.63, 3.8) is 0 Å². The van der Waals surface area contributed by atoms with E-state index in [2.05, 4.69) is 73.4 Å². The van der Waals surface area contributed by atoms with Gasteiger partial charge in [0, 0.05) is 38.4 Å². The Morgan fingerprint density at radius 1 is 0.463 bits per heavy atom. The smallest absolute Gasteiger partial charge is 0.310 e. The molecule has 5 nitrogen and oxygen atoms in total. The average molecular weight is 870 g/mol. The Hall–Kier alpha value is -9.16. The van der Waals surface area contributed by atoms with Crippen molar-refractivity contribution in [1.82, 2.24) is 9.13 Å². The van der Waals surface area contributed by atoms with Crippen molar-refractivity contribution in [1.29, 1.82) is 5.26 Å². The normalized spacial score (nSPS) is 11.5. The summed E-state index contributed by atoms with van der Waals surface area (Å²) < 4.78 is 49.1. The van der Waals surface area contributed by atoms with Crippen molar-refractivity contribution >= 4 is 55.0 Å². The molecule has 0 bridgehead atoms. The minimum absolute atomic E-state index is 0.102. The van der Waals surface area contributed by atoms with E-state index in [0.717, 1.165) is 77.6 Å². The van der Waals surface area contributed by atoms with E-state index in [-0.39, 0.29) is 5.56 Å². The topological polar surface area (TPSA) is 42.4 Å². The Morgan fingerprint density at radius 2 is 0.985 bits per heavy atom. The quantitative estimate of drug-likeness (QED) is 0.154. The molecule has 0 amide bonds. The molecule has 11 aromatic rings. The number of rotatable bonds is 6. The van der Waals surface area contributed by atoms with E-state index in [1.54, 1.807) is 37.3 Å². The van der Waals surface area contributed by atoms with Crippen LogP contribution in [0.25, 0.3) is 109 Å². The molecule has 0 atom stereocenters. The van der Waals surface area contributed by atoms with E-state index in [1.807, 2.05) is 97.1 Å². The molecule has 2 heterocycles. The van der Waals surface area contributed by atoms with Crippen LogP contribution in [0.2, 0.25) is 0 Å². The highest BCUT2D eigenvalue weighted by atomic mass is 19.4. The van der Waals surface area contributed by atoms with Gasteiger partial charge in [-0.15, -0.1) is 0 Å². The molecule has 0 unspecified atom stereocenters. The molecule has 316 valence electrons. The molecular weight excluding hydrogens is 836 g/mol. The number of para-hydroxylation sites is 2. The highest BCUT2D eigenvalue weighted by Crippen LogP contribution is 2.46. The zero-order chi connectivity index (χ0) is 46.0. The zero-order valence-electron chi connectivity index (χ0n) is 35.8. The third kappa shape index (κ3) is 6.78. The summed E-state index contributed by atoms with van der Waals surface area (Å²) in [5.74, 6) is 0. The maximum Gasteiger partial charge on any atom is 0.417 e. The summed E-state index contributed by atoms with van der Waals surface area (Å²) in [6.07, 6.45) is -4.61. The van der Waals surface area contributed by atoms with E-state index in [0.29, 0.717) is 44.9 Å². The molecule has 0 radical (unpaired) electrons. The first kappa shape index (κ1) is 40.6. The zero-order valence-corrected chi connectivity index (χ0v) is 35.8. The lowest BCUT2D eigenvalue weighted by Gasteiger charge is -2.21. The summed E-state index contributed by atoms with van der Waals surface area (Å²) in [7, 11) is 0. The Kier molecular flexibility index (Phi) is 9.59. The van der Waals surface area contributed by atoms with Crippen LogP contribution in [0, 0.1) is 31.4 Å². The minimum atomic E-state index is -4.61. The first-order chi connectivity index (χ1) is 32.6. The van der Waals surface area contributed by atoms with Crippen LogP contribution >= 0.6 is 0 Å². The van der Waals surface area contributed by atoms with Crippen molar-refractivity contribution < 1.29 is 13.2 Å². The SMILES string of the molecule is [C-]#[N+]c1ccc(-c2ccc3c(c2)c2ccccc2n3-c2ccc(-c3c(C)cccc3C(F)(F)F)cc2-c2ccc([N+]#[C-])cc2-n2c3ccccc3c3cc(-c4ccc(C#N)cc4)ccc32)cc1. The highest BCUT2D eigenvalue weighted by molar-refractivity contribution is 6.13. The van der Waals surface area contributed by atoms with E-state index in [9.17, 15) is 18.4 Å². The molecule has 0 aliphatic heterocycles. The second-order valence-corrected chi connectivity index (χ2v) is 16.6. The number of nitrogens with zero attached hydrogens (tertiary/aromatic N) is 5. The van der Waals surface area contributed by atoms with E-state index in [4.69, 9.17) is 13.1 Å². The molecule has 0 spiro atoms. The summed E-state index contributed by atoms with van der Waals surface area (Å²) in [6.45, 7) is 17.3. The van der Waals surface area contributed by atoms with Gasteiger partial charge in [-0.05, 0) is 119 Å². The van der Waals surface area contributed by atoms with Gasteiger partial charge in [0.15, 0.2) is 11.4 Å².